The van der Waals surface area contributed by atoms with Crippen molar-refractivity contribution in [1.82, 2.24) is 0 Å². The number of carbonyl (C=O) groups is 1. The van der Waals surface area contributed by atoms with E-state index < -0.39 is 6.29 Å². The van der Waals surface area contributed by atoms with Crippen LogP contribution in [0.2, 0.25) is 0 Å². The lowest BCUT2D eigenvalue weighted by Gasteiger charge is -2.09. The molecule has 2 aromatic carbocycles. The standard InChI is InChI=1S/C14H12O3/c15-13(10-6-2-1-3-7-10)11-8-4-5-9-12(11)14(16)17/h1-9,14,16-17H. The van der Waals surface area contributed by atoms with E-state index in [9.17, 15) is 15.0 Å². The zero-order valence-electron chi connectivity index (χ0n) is 9.08. The second-order valence-corrected chi connectivity index (χ2v) is 3.66. The van der Waals surface area contributed by atoms with Crippen LogP contribution in [0.5, 0.6) is 0 Å². The maximum absolute atomic E-state index is 12.1. The summed E-state index contributed by atoms with van der Waals surface area (Å²) in [6.07, 6.45) is -1.64. The molecule has 0 fully saturated rings. The zero-order valence-corrected chi connectivity index (χ0v) is 9.08. The van der Waals surface area contributed by atoms with Crippen molar-refractivity contribution in [3.8, 4) is 0 Å². The summed E-state index contributed by atoms with van der Waals surface area (Å²) in [5.74, 6) is -0.214. The van der Waals surface area contributed by atoms with E-state index in [-0.39, 0.29) is 11.3 Å². The van der Waals surface area contributed by atoms with Gasteiger partial charge in [-0.3, -0.25) is 4.79 Å². The van der Waals surface area contributed by atoms with Gasteiger partial charge in [-0.25, -0.2) is 0 Å². The third-order valence-corrected chi connectivity index (χ3v) is 2.52. The van der Waals surface area contributed by atoms with Gasteiger partial charge in [-0.2, -0.15) is 0 Å². The first-order valence-electron chi connectivity index (χ1n) is 5.25. The fourth-order valence-electron chi connectivity index (χ4n) is 1.67. The highest BCUT2D eigenvalue weighted by atomic mass is 16.5. The first kappa shape index (κ1) is 11.5. The van der Waals surface area contributed by atoms with Crippen molar-refractivity contribution in [3.63, 3.8) is 0 Å². The van der Waals surface area contributed by atoms with E-state index in [0.717, 1.165) is 0 Å². The SMILES string of the molecule is O=C(c1ccccc1)c1ccccc1C(O)O. The average Bonchev–Trinajstić information content (AvgIpc) is 2.39. The van der Waals surface area contributed by atoms with Crippen LogP contribution >= 0.6 is 0 Å². The van der Waals surface area contributed by atoms with Crippen molar-refractivity contribution < 1.29 is 15.0 Å². The van der Waals surface area contributed by atoms with E-state index in [4.69, 9.17) is 0 Å². The lowest BCUT2D eigenvalue weighted by atomic mass is 9.98. The van der Waals surface area contributed by atoms with Gasteiger partial charge in [0.25, 0.3) is 0 Å². The Labute approximate surface area is 99.0 Å². The summed E-state index contributed by atoms with van der Waals surface area (Å²) in [6.45, 7) is 0. The van der Waals surface area contributed by atoms with Crippen LogP contribution in [0.3, 0.4) is 0 Å². The lowest BCUT2D eigenvalue weighted by Crippen LogP contribution is -2.08. The minimum atomic E-state index is -1.64. The number of hydrogen-bond donors (Lipinski definition) is 2. The van der Waals surface area contributed by atoms with E-state index in [1.165, 1.54) is 6.07 Å². The number of hydrogen-bond acceptors (Lipinski definition) is 3. The van der Waals surface area contributed by atoms with Crippen LogP contribution in [-0.2, 0) is 0 Å². The van der Waals surface area contributed by atoms with Crippen LogP contribution in [0.25, 0.3) is 0 Å². The largest absolute Gasteiger partial charge is 0.364 e. The molecule has 3 nitrogen and oxygen atoms in total. The molecule has 2 N–H and O–H groups in total. The van der Waals surface area contributed by atoms with Gasteiger partial charge >= 0.3 is 0 Å². The monoisotopic (exact) mass is 228 g/mol. The molecule has 0 aliphatic carbocycles. The molecule has 17 heavy (non-hydrogen) atoms. The second-order valence-electron chi connectivity index (χ2n) is 3.66. The molecule has 0 bridgehead atoms. The molecule has 0 spiro atoms. The van der Waals surface area contributed by atoms with Crippen LogP contribution in [-0.4, -0.2) is 16.0 Å². The molecule has 2 rings (SSSR count). The van der Waals surface area contributed by atoms with Crippen LogP contribution in [0, 0.1) is 0 Å². The van der Waals surface area contributed by atoms with Gasteiger partial charge in [-0.1, -0.05) is 54.6 Å². The Morgan fingerprint density at radius 3 is 2.12 bits per heavy atom. The number of benzene rings is 2. The summed E-state index contributed by atoms with van der Waals surface area (Å²) < 4.78 is 0. The van der Waals surface area contributed by atoms with Crippen molar-refractivity contribution in [2.45, 2.75) is 6.29 Å². The first-order valence-corrected chi connectivity index (χ1v) is 5.25. The van der Waals surface area contributed by atoms with Crippen molar-refractivity contribution in [2.24, 2.45) is 0 Å². The van der Waals surface area contributed by atoms with E-state index >= 15 is 0 Å². The Morgan fingerprint density at radius 1 is 0.882 bits per heavy atom. The van der Waals surface area contributed by atoms with Crippen molar-refractivity contribution in [2.75, 3.05) is 0 Å². The molecule has 2 aromatic rings. The summed E-state index contributed by atoms with van der Waals surface area (Å²) in [5.41, 5.74) is 1.07. The number of aliphatic hydroxyl groups excluding tert-OH is 1. The summed E-state index contributed by atoms with van der Waals surface area (Å²) in [7, 11) is 0. The summed E-state index contributed by atoms with van der Waals surface area (Å²) >= 11 is 0. The van der Waals surface area contributed by atoms with Gasteiger partial charge in [0.05, 0.1) is 0 Å². The Morgan fingerprint density at radius 2 is 1.47 bits per heavy atom. The molecule has 0 saturated heterocycles. The Bertz CT molecular complexity index is 518. The molecule has 86 valence electrons. The molecule has 0 amide bonds. The highest BCUT2D eigenvalue weighted by molar-refractivity contribution is 6.09. The van der Waals surface area contributed by atoms with Gasteiger partial charge in [0.15, 0.2) is 12.1 Å². The Kier molecular flexibility index (Phi) is 3.32. The minimum Gasteiger partial charge on any atom is -0.364 e. The highest BCUT2D eigenvalue weighted by Crippen LogP contribution is 2.19. The van der Waals surface area contributed by atoms with Gasteiger partial charge in [0, 0.05) is 16.7 Å². The first-order chi connectivity index (χ1) is 8.20. The third kappa shape index (κ3) is 2.41. The molecule has 0 saturated carbocycles. The van der Waals surface area contributed by atoms with Crippen LogP contribution in [0.4, 0.5) is 0 Å². The predicted octanol–water partition coefficient (Wildman–Crippen LogP) is 1.90. The van der Waals surface area contributed by atoms with Crippen molar-refractivity contribution >= 4 is 5.78 Å². The molecule has 0 atom stereocenters. The van der Waals surface area contributed by atoms with Crippen LogP contribution < -0.4 is 0 Å². The van der Waals surface area contributed by atoms with E-state index in [1.807, 2.05) is 6.07 Å². The lowest BCUT2D eigenvalue weighted by molar-refractivity contribution is -0.0429. The Hall–Kier alpha value is -1.97. The summed E-state index contributed by atoms with van der Waals surface area (Å²) in [4.78, 5) is 12.1. The highest BCUT2D eigenvalue weighted by Gasteiger charge is 2.16. The topological polar surface area (TPSA) is 57.5 Å². The fraction of sp³-hybridized carbons (Fsp3) is 0.0714. The molecule has 0 radical (unpaired) electrons. The van der Waals surface area contributed by atoms with Crippen LogP contribution in [0.15, 0.2) is 54.6 Å². The molecular formula is C14H12O3. The van der Waals surface area contributed by atoms with Gasteiger partial charge in [0.2, 0.25) is 0 Å². The number of aliphatic hydroxyl groups is 2. The van der Waals surface area contributed by atoms with Crippen molar-refractivity contribution in [1.29, 1.82) is 0 Å². The summed E-state index contributed by atoms with van der Waals surface area (Å²) in [6, 6.07) is 15.2. The van der Waals surface area contributed by atoms with Gasteiger partial charge in [-0.15, -0.1) is 0 Å². The molecular weight excluding hydrogens is 216 g/mol. The smallest absolute Gasteiger partial charge is 0.193 e. The fourth-order valence-corrected chi connectivity index (χ4v) is 1.67. The normalized spacial score (nSPS) is 10.5. The molecule has 0 aliphatic rings. The second kappa shape index (κ2) is 4.91. The van der Waals surface area contributed by atoms with Crippen LogP contribution in [0.1, 0.15) is 27.8 Å². The number of carbonyl (C=O) groups excluding carboxylic acids is 1. The van der Waals surface area contributed by atoms with E-state index in [1.54, 1.807) is 42.5 Å². The number of ketones is 1. The maximum atomic E-state index is 12.1. The minimum absolute atomic E-state index is 0.214. The van der Waals surface area contributed by atoms with E-state index in [2.05, 4.69) is 0 Å². The molecule has 3 heteroatoms. The van der Waals surface area contributed by atoms with Gasteiger partial charge in [-0.05, 0) is 0 Å². The zero-order chi connectivity index (χ0) is 12.3. The quantitative estimate of drug-likeness (QED) is 0.623. The van der Waals surface area contributed by atoms with E-state index in [0.29, 0.717) is 11.1 Å². The van der Waals surface area contributed by atoms with Gasteiger partial charge in [0.1, 0.15) is 0 Å². The maximum Gasteiger partial charge on any atom is 0.193 e. The van der Waals surface area contributed by atoms with Gasteiger partial charge < -0.3 is 10.2 Å². The summed E-state index contributed by atoms with van der Waals surface area (Å²) in [5, 5.41) is 18.4. The molecule has 0 heterocycles. The third-order valence-electron chi connectivity index (χ3n) is 2.52. The average molecular weight is 228 g/mol. The number of rotatable bonds is 3. The molecule has 0 unspecified atom stereocenters. The molecule has 0 aromatic heterocycles. The van der Waals surface area contributed by atoms with Crippen molar-refractivity contribution in [3.05, 3.63) is 71.3 Å². The molecule has 0 aliphatic heterocycles. The predicted molar refractivity (Wildman–Crippen MR) is 63.5 cm³/mol. The Balaban J connectivity index is 2.45.